The van der Waals surface area contributed by atoms with E-state index in [2.05, 4.69) is 15.5 Å². The molecule has 0 spiro atoms. The van der Waals surface area contributed by atoms with Crippen molar-refractivity contribution in [2.24, 2.45) is 11.8 Å². The third-order valence-electron chi connectivity index (χ3n) is 4.21. The summed E-state index contributed by atoms with van der Waals surface area (Å²) in [5.74, 6) is -1.13. The smallest absolute Gasteiger partial charge is 0.338 e. The molecule has 1 aromatic rings. The van der Waals surface area contributed by atoms with E-state index < -0.39 is 5.97 Å². The molecule has 1 aromatic carbocycles. The molecule has 0 radical (unpaired) electrons. The standard InChI is InChI=1S/C19H27N3O4/c1-4-26-19(25)13-6-8-14(9-7-13)21-18(24)16-12-15(16)17(23)20-10-5-11-22(2)3/h6-9,15-16H,4-5,10-12H2,1-3H3,(H,20,23)(H,21,24). The van der Waals surface area contributed by atoms with Crippen LogP contribution >= 0.6 is 0 Å². The summed E-state index contributed by atoms with van der Waals surface area (Å²) in [5, 5.41) is 5.67. The van der Waals surface area contributed by atoms with Gasteiger partial charge in [0.2, 0.25) is 11.8 Å². The van der Waals surface area contributed by atoms with Gasteiger partial charge in [-0.1, -0.05) is 0 Å². The Morgan fingerprint density at radius 3 is 2.38 bits per heavy atom. The first-order valence-electron chi connectivity index (χ1n) is 8.93. The Morgan fingerprint density at radius 1 is 1.12 bits per heavy atom. The lowest BCUT2D eigenvalue weighted by molar-refractivity contribution is -0.125. The molecule has 0 aromatic heterocycles. The highest BCUT2D eigenvalue weighted by Gasteiger charge is 2.47. The second-order valence-electron chi connectivity index (χ2n) is 6.68. The van der Waals surface area contributed by atoms with Crippen molar-refractivity contribution in [2.75, 3.05) is 39.1 Å². The maximum absolute atomic E-state index is 12.2. The van der Waals surface area contributed by atoms with Crippen LogP contribution in [0.2, 0.25) is 0 Å². The van der Waals surface area contributed by atoms with Gasteiger partial charge in [0, 0.05) is 12.2 Å². The monoisotopic (exact) mass is 361 g/mol. The van der Waals surface area contributed by atoms with E-state index in [4.69, 9.17) is 4.74 Å². The van der Waals surface area contributed by atoms with Crippen molar-refractivity contribution >= 4 is 23.5 Å². The van der Waals surface area contributed by atoms with Crippen LogP contribution < -0.4 is 10.6 Å². The number of esters is 1. The van der Waals surface area contributed by atoms with Crippen molar-refractivity contribution in [1.29, 1.82) is 0 Å². The Bertz CT molecular complexity index is 643. The van der Waals surface area contributed by atoms with Gasteiger partial charge in [-0.25, -0.2) is 4.79 Å². The minimum absolute atomic E-state index is 0.0541. The lowest BCUT2D eigenvalue weighted by Gasteiger charge is -2.10. The molecule has 2 unspecified atom stereocenters. The third-order valence-corrected chi connectivity index (χ3v) is 4.21. The summed E-state index contributed by atoms with van der Waals surface area (Å²) >= 11 is 0. The van der Waals surface area contributed by atoms with E-state index in [-0.39, 0.29) is 23.7 Å². The summed E-state index contributed by atoms with van der Waals surface area (Å²) in [4.78, 5) is 37.9. The summed E-state index contributed by atoms with van der Waals surface area (Å²) in [5.41, 5.74) is 1.03. The Morgan fingerprint density at radius 2 is 1.77 bits per heavy atom. The molecule has 2 N–H and O–H groups in total. The zero-order valence-electron chi connectivity index (χ0n) is 15.6. The Labute approximate surface area is 154 Å². The van der Waals surface area contributed by atoms with Gasteiger partial charge in [-0.15, -0.1) is 0 Å². The Kier molecular flexibility index (Phi) is 7.15. The zero-order valence-corrected chi connectivity index (χ0v) is 15.6. The molecular formula is C19H27N3O4. The minimum Gasteiger partial charge on any atom is -0.462 e. The van der Waals surface area contributed by atoms with Gasteiger partial charge in [0.25, 0.3) is 0 Å². The van der Waals surface area contributed by atoms with Crippen molar-refractivity contribution < 1.29 is 19.1 Å². The van der Waals surface area contributed by atoms with E-state index in [0.717, 1.165) is 13.0 Å². The average molecular weight is 361 g/mol. The highest BCUT2D eigenvalue weighted by Crippen LogP contribution is 2.39. The fourth-order valence-corrected chi connectivity index (χ4v) is 2.65. The number of carbonyl (C=O) groups is 3. The number of anilines is 1. The molecular weight excluding hydrogens is 334 g/mol. The number of carbonyl (C=O) groups excluding carboxylic acids is 3. The third kappa shape index (κ3) is 5.84. The van der Waals surface area contributed by atoms with Gasteiger partial charge in [-0.2, -0.15) is 0 Å². The van der Waals surface area contributed by atoms with Crippen LogP contribution in [0.4, 0.5) is 5.69 Å². The molecule has 1 aliphatic carbocycles. The summed E-state index contributed by atoms with van der Waals surface area (Å²) < 4.78 is 4.92. The number of hydrogen-bond donors (Lipinski definition) is 2. The molecule has 26 heavy (non-hydrogen) atoms. The topological polar surface area (TPSA) is 87.7 Å². The summed E-state index contributed by atoms with van der Waals surface area (Å²) in [6.45, 7) is 3.60. The van der Waals surface area contributed by atoms with E-state index in [0.29, 0.717) is 30.8 Å². The van der Waals surface area contributed by atoms with Gasteiger partial charge >= 0.3 is 5.97 Å². The van der Waals surface area contributed by atoms with Crippen molar-refractivity contribution in [1.82, 2.24) is 10.2 Å². The molecule has 2 rings (SSSR count). The molecule has 7 nitrogen and oxygen atoms in total. The van der Waals surface area contributed by atoms with Gasteiger partial charge in [0.1, 0.15) is 0 Å². The number of hydrogen-bond acceptors (Lipinski definition) is 5. The Hall–Kier alpha value is -2.41. The SMILES string of the molecule is CCOC(=O)c1ccc(NC(=O)C2CC2C(=O)NCCCN(C)C)cc1. The second-order valence-corrected chi connectivity index (χ2v) is 6.68. The van der Waals surface area contributed by atoms with Gasteiger partial charge < -0.3 is 20.3 Å². The predicted octanol–water partition coefficient (Wildman–Crippen LogP) is 1.51. The van der Waals surface area contributed by atoms with Gasteiger partial charge in [-0.05, 0) is 64.7 Å². The highest BCUT2D eigenvalue weighted by atomic mass is 16.5. The number of benzene rings is 1. The zero-order chi connectivity index (χ0) is 19.1. The fourth-order valence-electron chi connectivity index (χ4n) is 2.65. The molecule has 0 heterocycles. The lowest BCUT2D eigenvalue weighted by Crippen LogP contribution is -2.30. The molecule has 7 heteroatoms. The number of ether oxygens (including phenoxy) is 1. The van der Waals surface area contributed by atoms with E-state index in [9.17, 15) is 14.4 Å². The van der Waals surface area contributed by atoms with Crippen molar-refractivity contribution in [3.63, 3.8) is 0 Å². The normalized spacial score (nSPS) is 18.3. The number of rotatable bonds is 9. The molecule has 1 saturated carbocycles. The van der Waals surface area contributed by atoms with E-state index in [1.165, 1.54) is 0 Å². The molecule has 2 amide bonds. The second kappa shape index (κ2) is 9.33. The van der Waals surface area contributed by atoms with E-state index in [1.807, 2.05) is 14.1 Å². The molecule has 2 atom stereocenters. The number of nitrogens with one attached hydrogen (secondary N) is 2. The van der Waals surface area contributed by atoms with Gasteiger partial charge in [0.05, 0.1) is 24.0 Å². The van der Waals surface area contributed by atoms with Crippen molar-refractivity contribution in [3.8, 4) is 0 Å². The average Bonchev–Trinajstić information content (AvgIpc) is 3.40. The van der Waals surface area contributed by atoms with Crippen LogP contribution in [0.25, 0.3) is 0 Å². The fraction of sp³-hybridized carbons (Fsp3) is 0.526. The van der Waals surface area contributed by atoms with Crippen molar-refractivity contribution in [2.45, 2.75) is 19.8 Å². The number of amides is 2. The Balaban J connectivity index is 1.75. The van der Waals surface area contributed by atoms with E-state index in [1.54, 1.807) is 31.2 Å². The first-order chi connectivity index (χ1) is 12.4. The molecule has 1 fully saturated rings. The van der Waals surface area contributed by atoms with Crippen molar-refractivity contribution in [3.05, 3.63) is 29.8 Å². The largest absolute Gasteiger partial charge is 0.462 e. The van der Waals surface area contributed by atoms with Crippen LogP contribution in [0, 0.1) is 11.8 Å². The maximum Gasteiger partial charge on any atom is 0.338 e. The molecule has 0 aliphatic heterocycles. The van der Waals surface area contributed by atoms with Crippen LogP contribution in [0.3, 0.4) is 0 Å². The summed E-state index contributed by atoms with van der Waals surface area (Å²) in [6, 6.07) is 6.52. The van der Waals surface area contributed by atoms with Gasteiger partial charge in [0.15, 0.2) is 0 Å². The predicted molar refractivity (Wildman–Crippen MR) is 98.8 cm³/mol. The van der Waals surface area contributed by atoms with Crippen LogP contribution in [-0.2, 0) is 14.3 Å². The van der Waals surface area contributed by atoms with Gasteiger partial charge in [-0.3, -0.25) is 9.59 Å². The first-order valence-corrected chi connectivity index (χ1v) is 8.93. The summed E-state index contributed by atoms with van der Waals surface area (Å²) in [6.07, 6.45) is 1.46. The molecule has 1 aliphatic rings. The van der Waals surface area contributed by atoms with Crippen LogP contribution in [0.1, 0.15) is 30.1 Å². The van der Waals surface area contributed by atoms with Crippen LogP contribution in [0.5, 0.6) is 0 Å². The van der Waals surface area contributed by atoms with Crippen LogP contribution in [0.15, 0.2) is 24.3 Å². The minimum atomic E-state index is -0.390. The highest BCUT2D eigenvalue weighted by molar-refractivity contribution is 5.99. The molecule has 0 saturated heterocycles. The number of nitrogens with zero attached hydrogens (tertiary/aromatic N) is 1. The van der Waals surface area contributed by atoms with E-state index >= 15 is 0 Å². The van der Waals surface area contributed by atoms with Crippen LogP contribution in [-0.4, -0.2) is 56.5 Å². The lowest BCUT2D eigenvalue weighted by atomic mass is 10.2. The first kappa shape index (κ1) is 19.9. The molecule has 0 bridgehead atoms. The quantitative estimate of drug-likeness (QED) is 0.514. The molecule has 142 valence electrons. The maximum atomic E-state index is 12.2. The summed E-state index contributed by atoms with van der Waals surface area (Å²) in [7, 11) is 3.98.